The lowest BCUT2D eigenvalue weighted by Gasteiger charge is -2.29. The summed E-state index contributed by atoms with van der Waals surface area (Å²) in [5, 5.41) is 0. The molecule has 0 N–H and O–H groups in total. The first-order valence-corrected chi connectivity index (χ1v) is 8.79. The number of benzene rings is 2. The zero-order valence-corrected chi connectivity index (χ0v) is 15.7. The first kappa shape index (κ1) is 18.1. The summed E-state index contributed by atoms with van der Waals surface area (Å²) in [6.07, 6.45) is 1.02. The van der Waals surface area contributed by atoms with Gasteiger partial charge in [0.2, 0.25) is 0 Å². The van der Waals surface area contributed by atoms with Crippen molar-refractivity contribution in [1.29, 1.82) is 0 Å². The van der Waals surface area contributed by atoms with E-state index in [1.165, 1.54) is 0 Å². The Labute approximate surface area is 154 Å². The highest BCUT2D eigenvalue weighted by atomic mass is 16.2. The van der Waals surface area contributed by atoms with Crippen LogP contribution in [0, 0.1) is 0 Å². The molecule has 0 saturated heterocycles. The number of amides is 1. The summed E-state index contributed by atoms with van der Waals surface area (Å²) >= 11 is 0. The maximum absolute atomic E-state index is 12.7. The normalized spacial score (nSPS) is 15.0. The fraction of sp³-hybridized carbons (Fsp3) is 0.318. The molecule has 0 aromatic heterocycles. The molecule has 0 aliphatic carbocycles. The first-order valence-electron chi connectivity index (χ1n) is 8.79. The van der Waals surface area contributed by atoms with Gasteiger partial charge in [-0.05, 0) is 43.5 Å². The number of ketones is 1. The molecule has 4 nitrogen and oxygen atoms in total. The minimum absolute atomic E-state index is 0.0185. The molecule has 1 heterocycles. The molecule has 2 aromatic carbocycles. The third kappa shape index (κ3) is 3.74. The Morgan fingerprint density at radius 1 is 1.04 bits per heavy atom. The third-order valence-corrected chi connectivity index (χ3v) is 4.55. The Balaban J connectivity index is 1.95. The fourth-order valence-corrected chi connectivity index (χ4v) is 3.36. The highest BCUT2D eigenvalue weighted by Crippen LogP contribution is 2.29. The van der Waals surface area contributed by atoms with Crippen molar-refractivity contribution in [2.45, 2.75) is 32.2 Å². The molecule has 2 aromatic rings. The van der Waals surface area contributed by atoms with Gasteiger partial charge in [-0.1, -0.05) is 36.4 Å². The Morgan fingerprint density at radius 2 is 1.73 bits per heavy atom. The van der Waals surface area contributed by atoms with E-state index in [1.807, 2.05) is 48.5 Å². The number of aliphatic imine (C=N–C) groups is 1. The van der Waals surface area contributed by atoms with Crippen molar-refractivity contribution < 1.29 is 9.59 Å². The van der Waals surface area contributed by atoms with Crippen LogP contribution in [0.2, 0.25) is 0 Å². The lowest BCUT2D eigenvalue weighted by Crippen LogP contribution is -2.30. The van der Waals surface area contributed by atoms with Gasteiger partial charge >= 0.3 is 0 Å². The van der Waals surface area contributed by atoms with Gasteiger partial charge in [0.15, 0.2) is 5.78 Å². The van der Waals surface area contributed by atoms with Gasteiger partial charge in [-0.25, -0.2) is 0 Å². The van der Waals surface area contributed by atoms with Crippen molar-refractivity contribution in [3.05, 3.63) is 70.8 Å². The second-order valence-electron chi connectivity index (χ2n) is 7.59. The van der Waals surface area contributed by atoms with Crippen molar-refractivity contribution >= 4 is 17.4 Å². The monoisotopic (exact) mass is 348 g/mol. The zero-order chi connectivity index (χ0) is 18.9. The van der Waals surface area contributed by atoms with Gasteiger partial charge in [-0.15, -0.1) is 0 Å². The van der Waals surface area contributed by atoms with Crippen LogP contribution in [0.25, 0.3) is 0 Å². The standard InChI is InChI=1S/C22H24N2O2/c1-22(2)14-17-12-16(21(26)24(3)4)10-11-18(17)19(23-22)13-20(25)15-8-6-5-7-9-15/h5-12H,13-14H2,1-4H3. The molecule has 0 spiro atoms. The van der Waals surface area contributed by atoms with Gasteiger partial charge in [-0.2, -0.15) is 0 Å². The maximum atomic E-state index is 12.7. The number of carbonyl (C=O) groups excluding carboxylic acids is 2. The van der Waals surface area contributed by atoms with E-state index in [2.05, 4.69) is 13.8 Å². The second-order valence-corrected chi connectivity index (χ2v) is 7.59. The molecule has 4 heteroatoms. The van der Waals surface area contributed by atoms with Crippen molar-refractivity contribution in [2.75, 3.05) is 14.1 Å². The van der Waals surface area contributed by atoms with Crippen LogP contribution in [-0.2, 0) is 6.42 Å². The first-order chi connectivity index (χ1) is 12.3. The van der Waals surface area contributed by atoms with Gasteiger partial charge in [0.05, 0.1) is 17.7 Å². The molecule has 1 aliphatic rings. The van der Waals surface area contributed by atoms with Gasteiger partial charge < -0.3 is 4.90 Å². The average molecular weight is 348 g/mol. The number of nitrogens with zero attached hydrogens (tertiary/aromatic N) is 2. The van der Waals surface area contributed by atoms with E-state index in [0.29, 0.717) is 11.1 Å². The van der Waals surface area contributed by atoms with Crippen LogP contribution >= 0.6 is 0 Å². The number of carbonyl (C=O) groups is 2. The molecular weight excluding hydrogens is 324 g/mol. The summed E-state index contributed by atoms with van der Waals surface area (Å²) in [5.74, 6) is 0.0384. The molecule has 134 valence electrons. The van der Waals surface area contributed by atoms with E-state index < -0.39 is 0 Å². The molecule has 1 amide bonds. The van der Waals surface area contributed by atoms with Crippen LogP contribution < -0.4 is 0 Å². The summed E-state index contributed by atoms with van der Waals surface area (Å²) in [5.41, 5.74) is 3.92. The van der Waals surface area contributed by atoms with E-state index >= 15 is 0 Å². The molecule has 0 fully saturated rings. The highest BCUT2D eigenvalue weighted by molar-refractivity contribution is 6.17. The summed E-state index contributed by atoms with van der Waals surface area (Å²) in [6.45, 7) is 4.12. The van der Waals surface area contributed by atoms with Crippen LogP contribution in [0.3, 0.4) is 0 Å². The Bertz CT molecular complexity index is 880. The molecular formula is C22H24N2O2. The molecule has 0 bridgehead atoms. The molecule has 26 heavy (non-hydrogen) atoms. The molecule has 0 unspecified atom stereocenters. The topological polar surface area (TPSA) is 49.7 Å². The number of fused-ring (bicyclic) bond motifs is 1. The second kappa shape index (κ2) is 6.87. The molecule has 0 atom stereocenters. The van der Waals surface area contributed by atoms with Gasteiger partial charge in [0.1, 0.15) is 0 Å². The number of hydrogen-bond donors (Lipinski definition) is 0. The Hall–Kier alpha value is -2.75. The maximum Gasteiger partial charge on any atom is 0.253 e. The number of rotatable bonds is 4. The van der Waals surface area contributed by atoms with Crippen LogP contribution in [0.5, 0.6) is 0 Å². The minimum atomic E-state index is -0.293. The van der Waals surface area contributed by atoms with Crippen molar-refractivity contribution in [2.24, 2.45) is 4.99 Å². The summed E-state index contributed by atoms with van der Waals surface area (Å²) in [4.78, 5) is 31.3. The number of hydrogen-bond acceptors (Lipinski definition) is 3. The lowest BCUT2D eigenvalue weighted by molar-refractivity contribution is 0.0827. The fourth-order valence-electron chi connectivity index (χ4n) is 3.36. The predicted octanol–water partition coefficient (Wildman–Crippen LogP) is 3.79. The van der Waals surface area contributed by atoms with Gasteiger partial charge in [0.25, 0.3) is 5.91 Å². The molecule has 0 radical (unpaired) electrons. The quantitative estimate of drug-likeness (QED) is 0.790. The van der Waals surface area contributed by atoms with Crippen LogP contribution in [0.15, 0.2) is 53.5 Å². The average Bonchev–Trinajstić information content (AvgIpc) is 2.60. The molecule has 3 rings (SSSR count). The van der Waals surface area contributed by atoms with Gasteiger partial charge in [-0.3, -0.25) is 14.6 Å². The van der Waals surface area contributed by atoms with E-state index in [9.17, 15) is 9.59 Å². The van der Waals surface area contributed by atoms with Crippen molar-refractivity contribution in [3.8, 4) is 0 Å². The zero-order valence-electron chi connectivity index (χ0n) is 15.7. The van der Waals surface area contributed by atoms with Crippen molar-refractivity contribution in [1.82, 2.24) is 4.90 Å². The number of Topliss-reactive ketones (excluding diaryl/α,β-unsaturated/α-hetero) is 1. The predicted molar refractivity (Wildman–Crippen MR) is 104 cm³/mol. The van der Waals surface area contributed by atoms with E-state index in [1.54, 1.807) is 19.0 Å². The van der Waals surface area contributed by atoms with Gasteiger partial charge in [0, 0.05) is 25.2 Å². The summed E-state index contributed by atoms with van der Waals surface area (Å²) in [7, 11) is 3.49. The molecule has 1 aliphatic heterocycles. The summed E-state index contributed by atoms with van der Waals surface area (Å²) in [6, 6.07) is 15.0. The van der Waals surface area contributed by atoms with Crippen LogP contribution in [0.1, 0.15) is 52.1 Å². The minimum Gasteiger partial charge on any atom is -0.345 e. The SMILES string of the molecule is CN(C)C(=O)c1ccc2c(c1)CC(C)(C)N=C2CC(=O)c1ccccc1. The highest BCUT2D eigenvalue weighted by Gasteiger charge is 2.28. The molecule has 0 saturated carbocycles. The van der Waals surface area contributed by atoms with E-state index in [-0.39, 0.29) is 23.7 Å². The van der Waals surface area contributed by atoms with E-state index in [0.717, 1.165) is 23.3 Å². The van der Waals surface area contributed by atoms with Crippen molar-refractivity contribution in [3.63, 3.8) is 0 Å². The smallest absolute Gasteiger partial charge is 0.253 e. The van der Waals surface area contributed by atoms with Crippen LogP contribution in [-0.4, -0.2) is 41.9 Å². The Morgan fingerprint density at radius 3 is 2.38 bits per heavy atom. The van der Waals surface area contributed by atoms with E-state index in [4.69, 9.17) is 4.99 Å². The summed E-state index contributed by atoms with van der Waals surface area (Å²) < 4.78 is 0. The van der Waals surface area contributed by atoms with Crippen LogP contribution in [0.4, 0.5) is 0 Å². The Kier molecular flexibility index (Phi) is 4.77. The lowest BCUT2D eigenvalue weighted by atomic mass is 9.84. The largest absolute Gasteiger partial charge is 0.345 e. The third-order valence-electron chi connectivity index (χ3n) is 4.55.